The Morgan fingerprint density at radius 1 is 1.50 bits per heavy atom. The van der Waals surface area contributed by atoms with Gasteiger partial charge in [0.25, 0.3) is 5.69 Å². The van der Waals surface area contributed by atoms with Crippen LogP contribution < -0.4 is 0 Å². The lowest BCUT2D eigenvalue weighted by Gasteiger charge is -2.10. The van der Waals surface area contributed by atoms with Crippen molar-refractivity contribution in [2.45, 2.75) is 20.0 Å². The van der Waals surface area contributed by atoms with Gasteiger partial charge in [0.1, 0.15) is 5.82 Å². The number of aliphatic hydroxyl groups is 1. The van der Waals surface area contributed by atoms with Crippen molar-refractivity contribution >= 4 is 5.69 Å². The van der Waals surface area contributed by atoms with E-state index < -0.39 is 4.92 Å². The maximum absolute atomic E-state index is 10.7. The topological polar surface area (TPSA) is 81.2 Å². The lowest BCUT2D eigenvalue weighted by molar-refractivity contribution is -0.384. The van der Waals surface area contributed by atoms with E-state index in [2.05, 4.69) is 4.98 Å². The van der Waals surface area contributed by atoms with Crippen molar-refractivity contribution in [1.82, 2.24) is 9.55 Å². The summed E-state index contributed by atoms with van der Waals surface area (Å²) in [6, 6.07) is 4.44. The minimum absolute atomic E-state index is 0.0269. The van der Waals surface area contributed by atoms with Crippen LogP contribution in [0, 0.1) is 10.1 Å². The van der Waals surface area contributed by atoms with Crippen LogP contribution in [0.25, 0.3) is 5.69 Å². The normalized spacial score (nSPS) is 10.6. The zero-order valence-electron chi connectivity index (χ0n) is 9.91. The van der Waals surface area contributed by atoms with Gasteiger partial charge in [-0.2, -0.15) is 0 Å². The second-order valence-corrected chi connectivity index (χ2v) is 3.80. The fourth-order valence-corrected chi connectivity index (χ4v) is 1.86. The molecule has 1 N–H and O–H groups in total. The van der Waals surface area contributed by atoms with Gasteiger partial charge in [0.15, 0.2) is 0 Å². The highest BCUT2D eigenvalue weighted by atomic mass is 16.6. The molecule has 6 heteroatoms. The summed E-state index contributed by atoms with van der Waals surface area (Å²) in [5, 5.41) is 20.0. The van der Waals surface area contributed by atoms with Crippen LogP contribution >= 0.6 is 0 Å². The Morgan fingerprint density at radius 2 is 2.28 bits per heavy atom. The van der Waals surface area contributed by atoms with Gasteiger partial charge in [0.2, 0.25) is 0 Å². The highest BCUT2D eigenvalue weighted by molar-refractivity contribution is 5.48. The summed E-state index contributed by atoms with van der Waals surface area (Å²) in [6.07, 6.45) is 4.19. The molecule has 6 nitrogen and oxygen atoms in total. The van der Waals surface area contributed by atoms with Gasteiger partial charge in [-0.05, 0) is 6.07 Å². The van der Waals surface area contributed by atoms with Gasteiger partial charge in [-0.3, -0.25) is 10.1 Å². The van der Waals surface area contributed by atoms with Crippen molar-refractivity contribution in [3.05, 3.63) is 52.1 Å². The first-order chi connectivity index (χ1) is 8.67. The second kappa shape index (κ2) is 4.97. The van der Waals surface area contributed by atoms with Crippen molar-refractivity contribution in [1.29, 1.82) is 0 Å². The van der Waals surface area contributed by atoms with Crippen molar-refractivity contribution in [2.24, 2.45) is 0 Å². The third-order valence-electron chi connectivity index (χ3n) is 2.74. The third-order valence-corrected chi connectivity index (χ3v) is 2.74. The largest absolute Gasteiger partial charge is 0.392 e. The Kier molecular flexibility index (Phi) is 3.38. The molecule has 0 atom stereocenters. The van der Waals surface area contributed by atoms with Gasteiger partial charge in [0, 0.05) is 36.5 Å². The monoisotopic (exact) mass is 247 g/mol. The quantitative estimate of drug-likeness (QED) is 0.660. The molecule has 0 saturated carbocycles. The van der Waals surface area contributed by atoms with E-state index in [1.807, 2.05) is 11.5 Å². The van der Waals surface area contributed by atoms with E-state index in [-0.39, 0.29) is 12.3 Å². The molecule has 0 amide bonds. The molecule has 18 heavy (non-hydrogen) atoms. The van der Waals surface area contributed by atoms with E-state index >= 15 is 0 Å². The number of hydrogen-bond donors (Lipinski definition) is 1. The van der Waals surface area contributed by atoms with Gasteiger partial charge >= 0.3 is 0 Å². The Balaban J connectivity index is 2.54. The van der Waals surface area contributed by atoms with Crippen molar-refractivity contribution in [3.8, 4) is 5.69 Å². The lowest BCUT2D eigenvalue weighted by atomic mass is 10.1. The second-order valence-electron chi connectivity index (χ2n) is 3.80. The highest BCUT2D eigenvalue weighted by Gasteiger charge is 2.13. The maximum atomic E-state index is 10.7. The number of hydrogen-bond acceptors (Lipinski definition) is 4. The highest BCUT2D eigenvalue weighted by Crippen LogP contribution is 2.22. The number of nitrogens with zero attached hydrogens (tertiary/aromatic N) is 3. The summed E-state index contributed by atoms with van der Waals surface area (Å²) in [4.78, 5) is 14.4. The Labute approximate surface area is 104 Å². The van der Waals surface area contributed by atoms with Gasteiger partial charge in [-0.25, -0.2) is 4.98 Å². The molecule has 0 unspecified atom stereocenters. The molecular formula is C12H13N3O3. The first kappa shape index (κ1) is 12.3. The number of benzene rings is 1. The fourth-order valence-electron chi connectivity index (χ4n) is 1.86. The number of nitro benzene ring substituents is 1. The summed E-state index contributed by atoms with van der Waals surface area (Å²) in [7, 11) is 0. The smallest absolute Gasteiger partial charge is 0.269 e. The molecular weight excluding hydrogens is 234 g/mol. The first-order valence-electron chi connectivity index (χ1n) is 5.58. The zero-order chi connectivity index (χ0) is 13.1. The molecule has 0 bridgehead atoms. The van der Waals surface area contributed by atoms with E-state index in [0.717, 1.165) is 17.9 Å². The molecule has 1 heterocycles. The third kappa shape index (κ3) is 2.10. The fraction of sp³-hybridized carbons (Fsp3) is 0.250. The van der Waals surface area contributed by atoms with Crippen LogP contribution in [0.1, 0.15) is 18.3 Å². The van der Waals surface area contributed by atoms with Crippen LogP contribution in [0.2, 0.25) is 0 Å². The van der Waals surface area contributed by atoms with E-state index in [0.29, 0.717) is 5.56 Å². The predicted octanol–water partition coefficient (Wildman–Crippen LogP) is 1.84. The van der Waals surface area contributed by atoms with Crippen LogP contribution in [0.5, 0.6) is 0 Å². The van der Waals surface area contributed by atoms with Crippen LogP contribution in [0.4, 0.5) is 5.69 Å². The predicted molar refractivity (Wildman–Crippen MR) is 65.5 cm³/mol. The summed E-state index contributed by atoms with van der Waals surface area (Å²) in [5.41, 5.74) is 1.20. The molecule has 0 aliphatic heterocycles. The van der Waals surface area contributed by atoms with E-state index in [9.17, 15) is 15.2 Å². The molecule has 2 rings (SSSR count). The molecule has 0 aliphatic rings. The minimum atomic E-state index is -0.475. The maximum Gasteiger partial charge on any atom is 0.269 e. The summed E-state index contributed by atoms with van der Waals surface area (Å²) >= 11 is 0. The molecule has 94 valence electrons. The molecule has 1 aromatic carbocycles. The number of aliphatic hydroxyl groups excluding tert-OH is 1. The van der Waals surface area contributed by atoms with Crippen molar-refractivity contribution in [3.63, 3.8) is 0 Å². The molecule has 2 aromatic rings. The van der Waals surface area contributed by atoms with Crippen LogP contribution in [0.15, 0.2) is 30.6 Å². The Hall–Kier alpha value is -2.21. The number of aryl methyl sites for hydroxylation is 1. The van der Waals surface area contributed by atoms with Crippen molar-refractivity contribution < 1.29 is 10.0 Å². The Bertz CT molecular complexity index is 578. The Morgan fingerprint density at radius 3 is 2.89 bits per heavy atom. The van der Waals surface area contributed by atoms with Crippen LogP contribution in [0.3, 0.4) is 0 Å². The molecule has 0 spiro atoms. The van der Waals surface area contributed by atoms with Gasteiger partial charge < -0.3 is 9.67 Å². The van der Waals surface area contributed by atoms with Gasteiger partial charge in [-0.15, -0.1) is 0 Å². The number of imidazole rings is 1. The van der Waals surface area contributed by atoms with Crippen molar-refractivity contribution in [2.75, 3.05) is 0 Å². The minimum Gasteiger partial charge on any atom is -0.392 e. The molecule has 0 radical (unpaired) electrons. The van der Waals surface area contributed by atoms with Gasteiger partial charge in [0.05, 0.1) is 17.2 Å². The van der Waals surface area contributed by atoms with Crippen LogP contribution in [-0.2, 0) is 13.0 Å². The summed E-state index contributed by atoms with van der Waals surface area (Å²) in [5.74, 6) is 0.846. The SMILES string of the molecule is CCc1nccn1-c1ccc([N+](=O)[O-])cc1CO. The number of aromatic nitrogens is 2. The zero-order valence-corrected chi connectivity index (χ0v) is 9.91. The van der Waals surface area contributed by atoms with E-state index in [1.165, 1.54) is 12.1 Å². The number of non-ortho nitro benzene ring substituents is 1. The average Bonchev–Trinajstić information content (AvgIpc) is 2.85. The molecule has 0 aliphatic carbocycles. The molecule has 0 fully saturated rings. The van der Waals surface area contributed by atoms with E-state index in [4.69, 9.17) is 0 Å². The van der Waals surface area contributed by atoms with E-state index in [1.54, 1.807) is 18.5 Å². The number of rotatable bonds is 4. The van der Waals surface area contributed by atoms with Crippen LogP contribution in [-0.4, -0.2) is 19.6 Å². The first-order valence-corrected chi connectivity index (χ1v) is 5.58. The molecule has 0 saturated heterocycles. The number of nitro groups is 1. The lowest BCUT2D eigenvalue weighted by Crippen LogP contribution is -2.04. The average molecular weight is 247 g/mol. The van der Waals surface area contributed by atoms with Gasteiger partial charge in [-0.1, -0.05) is 6.92 Å². The standard InChI is InChI=1S/C12H13N3O3/c1-2-12-13-5-6-14(12)11-4-3-10(15(17)18)7-9(11)8-16/h3-7,16H,2,8H2,1H3. The summed E-state index contributed by atoms with van der Waals surface area (Å²) < 4.78 is 1.83. The molecule has 1 aromatic heterocycles. The summed E-state index contributed by atoms with van der Waals surface area (Å²) in [6.45, 7) is 1.72.